The molecule has 1 aromatic heterocycles. The number of nitrogens with two attached hydrogens (primary N) is 1. The van der Waals surface area contributed by atoms with Gasteiger partial charge in [0, 0.05) is 26.5 Å². The normalized spacial score (nSPS) is 9.80. The first kappa shape index (κ1) is 13.5. The van der Waals surface area contributed by atoms with Gasteiger partial charge in [-0.15, -0.1) is 0 Å². The minimum atomic E-state index is -3.57. The van der Waals surface area contributed by atoms with E-state index >= 15 is 0 Å². The molecule has 0 aromatic carbocycles. The molecule has 0 aliphatic rings. The summed E-state index contributed by atoms with van der Waals surface area (Å²) in [5, 5.41) is 4.79. The van der Waals surface area contributed by atoms with Gasteiger partial charge in [-0.05, 0) is 12.1 Å². The van der Waals surface area contributed by atoms with E-state index in [-0.39, 0.29) is 4.90 Å². The summed E-state index contributed by atoms with van der Waals surface area (Å²) >= 11 is 0. The van der Waals surface area contributed by atoms with Crippen LogP contribution in [0.25, 0.3) is 0 Å². The van der Waals surface area contributed by atoms with Gasteiger partial charge >= 0.3 is 0 Å². The van der Waals surface area contributed by atoms with Gasteiger partial charge in [-0.2, -0.15) is 0 Å². The van der Waals surface area contributed by atoms with Crippen LogP contribution in [0.3, 0.4) is 0 Å². The lowest BCUT2D eigenvalue weighted by molar-refractivity contribution is -0.115. The third-order valence-corrected chi connectivity index (χ3v) is 2.07. The van der Waals surface area contributed by atoms with E-state index in [2.05, 4.69) is 4.98 Å². The van der Waals surface area contributed by atoms with Gasteiger partial charge in [0.1, 0.15) is 4.90 Å². The zero-order valence-electron chi connectivity index (χ0n) is 8.49. The van der Waals surface area contributed by atoms with E-state index in [1.54, 1.807) is 14.1 Å². The lowest BCUT2D eigenvalue weighted by Gasteiger charge is -1.93. The molecule has 2 N–H and O–H groups in total. The second kappa shape index (κ2) is 6.10. The maximum atomic E-state index is 10.6. The Morgan fingerprint density at radius 2 is 2.00 bits per heavy atom. The highest BCUT2D eigenvalue weighted by Crippen LogP contribution is 2.00. The number of nitrogens with zero attached hydrogens (tertiary/aromatic N) is 2. The fraction of sp³-hybridized carbons (Fsp3) is 0.250. The van der Waals surface area contributed by atoms with E-state index < -0.39 is 10.0 Å². The summed E-state index contributed by atoms with van der Waals surface area (Å²) in [6.07, 6.45) is 3.43. The van der Waals surface area contributed by atoms with Crippen molar-refractivity contribution in [2.75, 3.05) is 14.1 Å². The highest BCUT2D eigenvalue weighted by molar-refractivity contribution is 7.89. The zero-order valence-corrected chi connectivity index (χ0v) is 9.31. The average molecular weight is 231 g/mol. The maximum Gasteiger partial charge on any atom is 0.239 e. The van der Waals surface area contributed by atoms with Gasteiger partial charge in [-0.25, -0.2) is 13.6 Å². The molecule has 0 radical (unpaired) electrons. The Morgan fingerprint density at radius 3 is 2.20 bits per heavy atom. The molecule has 0 saturated heterocycles. The number of hydrogen-bond donors (Lipinski definition) is 1. The van der Waals surface area contributed by atoms with Crippen molar-refractivity contribution in [1.82, 2.24) is 9.88 Å². The van der Waals surface area contributed by atoms with Crippen molar-refractivity contribution in [1.29, 1.82) is 0 Å². The Balaban J connectivity index is 0.000000336. The summed E-state index contributed by atoms with van der Waals surface area (Å²) in [4.78, 5) is 14.5. The third-order valence-electron chi connectivity index (χ3n) is 1.17. The SMILES string of the molecule is CN(C)C=O.NS(=O)(=O)c1cccnc1. The van der Waals surface area contributed by atoms with Crippen LogP contribution in [-0.2, 0) is 14.8 Å². The van der Waals surface area contributed by atoms with Crippen molar-refractivity contribution in [3.8, 4) is 0 Å². The van der Waals surface area contributed by atoms with Crippen LogP contribution in [0.2, 0.25) is 0 Å². The summed E-state index contributed by atoms with van der Waals surface area (Å²) < 4.78 is 21.1. The van der Waals surface area contributed by atoms with Crippen LogP contribution >= 0.6 is 0 Å². The van der Waals surface area contributed by atoms with Crippen molar-refractivity contribution in [2.45, 2.75) is 4.90 Å². The quantitative estimate of drug-likeness (QED) is 0.690. The molecule has 15 heavy (non-hydrogen) atoms. The van der Waals surface area contributed by atoms with Crippen LogP contribution in [-0.4, -0.2) is 38.8 Å². The van der Waals surface area contributed by atoms with E-state index in [9.17, 15) is 13.2 Å². The molecule has 1 heterocycles. The van der Waals surface area contributed by atoms with Crippen molar-refractivity contribution >= 4 is 16.4 Å². The van der Waals surface area contributed by atoms with E-state index in [0.29, 0.717) is 0 Å². The number of rotatable bonds is 2. The second-order valence-corrected chi connectivity index (χ2v) is 4.36. The number of carbonyl (C=O) groups is 1. The van der Waals surface area contributed by atoms with E-state index in [0.717, 1.165) is 6.41 Å². The molecule has 0 saturated carbocycles. The van der Waals surface area contributed by atoms with Crippen LogP contribution in [0.4, 0.5) is 0 Å². The minimum Gasteiger partial charge on any atom is -0.351 e. The molecule has 1 aromatic rings. The van der Waals surface area contributed by atoms with Gasteiger partial charge in [-0.3, -0.25) is 9.78 Å². The molecular weight excluding hydrogens is 218 g/mol. The van der Waals surface area contributed by atoms with Gasteiger partial charge in [-0.1, -0.05) is 0 Å². The molecule has 0 aliphatic carbocycles. The Morgan fingerprint density at radius 1 is 1.47 bits per heavy atom. The molecule has 0 bridgehead atoms. The zero-order chi connectivity index (χ0) is 11.9. The fourth-order valence-electron chi connectivity index (χ4n) is 0.515. The largest absolute Gasteiger partial charge is 0.351 e. The Labute approximate surface area is 88.8 Å². The second-order valence-electron chi connectivity index (χ2n) is 2.80. The van der Waals surface area contributed by atoms with E-state index in [1.165, 1.54) is 29.4 Å². The van der Waals surface area contributed by atoms with Gasteiger partial charge in [0.25, 0.3) is 0 Å². The smallest absolute Gasteiger partial charge is 0.239 e. The maximum absolute atomic E-state index is 10.6. The van der Waals surface area contributed by atoms with Crippen LogP contribution in [0.1, 0.15) is 0 Å². The first-order chi connectivity index (χ1) is 6.88. The van der Waals surface area contributed by atoms with Gasteiger partial charge < -0.3 is 4.90 Å². The molecule has 0 aliphatic heterocycles. The standard InChI is InChI=1S/C5H6N2O2S.C3H7NO/c6-10(8,9)5-2-1-3-7-4-5;1-4(2)3-5/h1-4H,(H2,6,8,9);3H,1-2H3. The predicted octanol–water partition coefficient (Wildman–Crippen LogP) is -0.567. The average Bonchev–Trinajstić information content (AvgIpc) is 2.19. The number of primary sulfonamides is 1. The van der Waals surface area contributed by atoms with Crippen LogP contribution in [0.15, 0.2) is 29.4 Å². The summed E-state index contributed by atoms with van der Waals surface area (Å²) in [6, 6.07) is 2.90. The monoisotopic (exact) mass is 231 g/mol. The Bertz CT molecular complexity index is 389. The molecule has 0 unspecified atom stereocenters. The van der Waals surface area contributed by atoms with Crippen molar-refractivity contribution in [3.05, 3.63) is 24.5 Å². The molecule has 6 nitrogen and oxygen atoms in total. The third kappa shape index (κ3) is 6.58. The Hall–Kier alpha value is -1.47. The van der Waals surface area contributed by atoms with Gasteiger partial charge in [0.05, 0.1) is 0 Å². The summed E-state index contributed by atoms with van der Waals surface area (Å²) in [7, 11) is -0.190. The lowest BCUT2D eigenvalue weighted by Crippen LogP contribution is -2.11. The molecule has 0 fully saturated rings. The molecule has 1 amide bonds. The number of carbonyl (C=O) groups excluding carboxylic acids is 1. The molecule has 1 rings (SSSR count). The topological polar surface area (TPSA) is 93.4 Å². The number of hydrogen-bond acceptors (Lipinski definition) is 4. The molecule has 7 heteroatoms. The molecule has 84 valence electrons. The lowest BCUT2D eigenvalue weighted by atomic mass is 10.5. The number of pyridine rings is 1. The van der Waals surface area contributed by atoms with Gasteiger partial charge in [0.2, 0.25) is 16.4 Å². The van der Waals surface area contributed by atoms with Crippen molar-refractivity contribution < 1.29 is 13.2 Å². The van der Waals surface area contributed by atoms with Crippen LogP contribution in [0.5, 0.6) is 0 Å². The number of sulfonamides is 1. The number of aromatic nitrogens is 1. The van der Waals surface area contributed by atoms with Crippen molar-refractivity contribution in [2.24, 2.45) is 5.14 Å². The fourth-order valence-corrected chi connectivity index (χ4v) is 0.991. The first-order valence-corrected chi connectivity index (χ1v) is 5.47. The van der Waals surface area contributed by atoms with E-state index in [1.807, 2.05) is 0 Å². The van der Waals surface area contributed by atoms with Crippen molar-refractivity contribution in [3.63, 3.8) is 0 Å². The molecule has 0 spiro atoms. The first-order valence-electron chi connectivity index (χ1n) is 3.92. The highest BCUT2D eigenvalue weighted by atomic mass is 32.2. The summed E-state index contributed by atoms with van der Waals surface area (Å²) in [6.45, 7) is 0. The minimum absolute atomic E-state index is 0.0370. The van der Waals surface area contributed by atoms with Gasteiger partial charge in [0.15, 0.2) is 0 Å². The number of amides is 1. The van der Waals surface area contributed by atoms with Crippen LogP contribution < -0.4 is 5.14 Å². The molecular formula is C8H13N3O3S. The Kier molecular flexibility index (Phi) is 5.50. The van der Waals surface area contributed by atoms with Crippen LogP contribution in [0, 0.1) is 0 Å². The molecule has 0 atom stereocenters. The van der Waals surface area contributed by atoms with E-state index in [4.69, 9.17) is 5.14 Å². The highest BCUT2D eigenvalue weighted by Gasteiger charge is 2.04. The summed E-state index contributed by atoms with van der Waals surface area (Å²) in [5.74, 6) is 0. The predicted molar refractivity (Wildman–Crippen MR) is 55.4 cm³/mol. The summed E-state index contributed by atoms with van der Waals surface area (Å²) in [5.41, 5.74) is 0.